The van der Waals surface area contributed by atoms with Gasteiger partial charge < -0.3 is 15.2 Å². The van der Waals surface area contributed by atoms with E-state index in [2.05, 4.69) is 0 Å². The van der Waals surface area contributed by atoms with Crippen LogP contribution in [-0.4, -0.2) is 13.7 Å². The average Bonchev–Trinajstić information content (AvgIpc) is 2.42. The minimum Gasteiger partial charge on any atom is -0.493 e. The molecule has 0 radical (unpaired) electrons. The molecule has 0 aliphatic carbocycles. The molecule has 2 N–H and O–H groups in total. The van der Waals surface area contributed by atoms with Crippen molar-refractivity contribution >= 4 is 5.69 Å². The fourth-order valence-electron chi connectivity index (χ4n) is 1.93. The second-order valence-corrected chi connectivity index (χ2v) is 4.45. The minimum atomic E-state index is 0.577. The van der Waals surface area contributed by atoms with Crippen molar-refractivity contribution in [1.29, 1.82) is 0 Å². The Balaban J connectivity index is 1.98. The summed E-state index contributed by atoms with van der Waals surface area (Å²) in [5, 5.41) is 0. The van der Waals surface area contributed by atoms with Crippen LogP contribution in [0.1, 0.15) is 11.1 Å². The smallest absolute Gasteiger partial charge is 0.161 e. The molecule has 100 valence electrons. The summed E-state index contributed by atoms with van der Waals surface area (Å²) in [4.78, 5) is 0. The van der Waals surface area contributed by atoms with Crippen LogP contribution in [0.15, 0.2) is 42.5 Å². The van der Waals surface area contributed by atoms with Crippen molar-refractivity contribution < 1.29 is 9.47 Å². The second-order valence-electron chi connectivity index (χ2n) is 4.45. The Bertz CT molecular complexity index is 552. The molecule has 0 atom stereocenters. The normalized spacial score (nSPS) is 10.2. The molecule has 0 saturated heterocycles. The third-order valence-electron chi connectivity index (χ3n) is 3.00. The predicted octanol–water partition coefficient (Wildman–Crippen LogP) is 3.21. The SMILES string of the molecule is COc1cc(C)ccc1OCCc1ccccc1N. The van der Waals surface area contributed by atoms with Crippen molar-refractivity contribution in [2.45, 2.75) is 13.3 Å². The Morgan fingerprint density at radius 2 is 1.84 bits per heavy atom. The maximum Gasteiger partial charge on any atom is 0.161 e. The zero-order valence-corrected chi connectivity index (χ0v) is 11.3. The lowest BCUT2D eigenvalue weighted by Gasteiger charge is -2.12. The zero-order valence-electron chi connectivity index (χ0n) is 11.3. The van der Waals surface area contributed by atoms with Gasteiger partial charge in [-0.3, -0.25) is 0 Å². The first-order valence-electron chi connectivity index (χ1n) is 6.31. The van der Waals surface area contributed by atoms with Crippen LogP contribution in [0.3, 0.4) is 0 Å². The van der Waals surface area contributed by atoms with E-state index in [9.17, 15) is 0 Å². The molecule has 19 heavy (non-hydrogen) atoms. The quantitative estimate of drug-likeness (QED) is 0.836. The molecule has 0 fully saturated rings. The van der Waals surface area contributed by atoms with Gasteiger partial charge in [0.25, 0.3) is 0 Å². The Morgan fingerprint density at radius 1 is 1.05 bits per heavy atom. The van der Waals surface area contributed by atoms with Gasteiger partial charge in [0.05, 0.1) is 13.7 Å². The Labute approximate surface area is 114 Å². The zero-order chi connectivity index (χ0) is 13.7. The third kappa shape index (κ3) is 3.41. The molecule has 0 amide bonds. The molecular weight excluding hydrogens is 238 g/mol. The van der Waals surface area contributed by atoms with Gasteiger partial charge in [-0.2, -0.15) is 0 Å². The first kappa shape index (κ1) is 13.3. The van der Waals surface area contributed by atoms with E-state index >= 15 is 0 Å². The number of benzene rings is 2. The molecule has 0 spiro atoms. The number of aryl methyl sites for hydroxylation is 1. The largest absolute Gasteiger partial charge is 0.493 e. The summed E-state index contributed by atoms with van der Waals surface area (Å²) in [5.41, 5.74) is 8.96. The number of hydrogen-bond donors (Lipinski definition) is 1. The fraction of sp³-hybridized carbons (Fsp3) is 0.250. The summed E-state index contributed by atoms with van der Waals surface area (Å²) in [6.07, 6.45) is 0.781. The first-order valence-corrected chi connectivity index (χ1v) is 6.31. The van der Waals surface area contributed by atoms with E-state index in [0.29, 0.717) is 6.61 Å². The molecule has 0 aliphatic rings. The number of para-hydroxylation sites is 1. The molecule has 0 aliphatic heterocycles. The van der Waals surface area contributed by atoms with Crippen LogP contribution in [0.2, 0.25) is 0 Å². The van der Waals surface area contributed by atoms with Crippen LogP contribution >= 0.6 is 0 Å². The van der Waals surface area contributed by atoms with Crippen LogP contribution in [0.25, 0.3) is 0 Å². The molecule has 0 unspecified atom stereocenters. The van der Waals surface area contributed by atoms with Gasteiger partial charge in [0, 0.05) is 12.1 Å². The molecule has 3 heteroatoms. The van der Waals surface area contributed by atoms with Crippen molar-refractivity contribution in [3.63, 3.8) is 0 Å². The molecule has 0 heterocycles. The van der Waals surface area contributed by atoms with E-state index in [1.165, 1.54) is 0 Å². The Kier molecular flexibility index (Phi) is 4.29. The van der Waals surface area contributed by atoms with Gasteiger partial charge in [0.1, 0.15) is 0 Å². The first-order chi connectivity index (χ1) is 9.20. The third-order valence-corrected chi connectivity index (χ3v) is 3.00. The van der Waals surface area contributed by atoms with E-state index in [1.54, 1.807) is 7.11 Å². The number of hydrogen-bond acceptors (Lipinski definition) is 3. The van der Waals surface area contributed by atoms with Crippen molar-refractivity contribution in [2.75, 3.05) is 19.5 Å². The van der Waals surface area contributed by atoms with Crippen molar-refractivity contribution in [3.05, 3.63) is 53.6 Å². The summed E-state index contributed by atoms with van der Waals surface area (Å²) in [7, 11) is 1.65. The summed E-state index contributed by atoms with van der Waals surface area (Å²) in [6, 6.07) is 13.7. The molecule has 0 bridgehead atoms. The lowest BCUT2D eigenvalue weighted by Crippen LogP contribution is -2.04. The van der Waals surface area contributed by atoms with Crippen LogP contribution in [0.5, 0.6) is 11.5 Å². The maximum absolute atomic E-state index is 5.90. The number of nitrogen functional groups attached to an aromatic ring is 1. The Morgan fingerprint density at radius 3 is 2.58 bits per heavy atom. The van der Waals surface area contributed by atoms with Crippen LogP contribution < -0.4 is 15.2 Å². The van der Waals surface area contributed by atoms with Crippen molar-refractivity contribution in [3.8, 4) is 11.5 Å². The molecule has 2 aromatic carbocycles. The van der Waals surface area contributed by atoms with Crippen LogP contribution in [-0.2, 0) is 6.42 Å². The van der Waals surface area contributed by atoms with Gasteiger partial charge in [-0.1, -0.05) is 24.3 Å². The monoisotopic (exact) mass is 257 g/mol. The number of nitrogens with two attached hydrogens (primary N) is 1. The van der Waals surface area contributed by atoms with Gasteiger partial charge in [0.15, 0.2) is 11.5 Å². The highest BCUT2D eigenvalue weighted by Gasteiger charge is 2.05. The minimum absolute atomic E-state index is 0.577. The molecule has 2 rings (SSSR count). The van der Waals surface area contributed by atoms with Gasteiger partial charge in [0.2, 0.25) is 0 Å². The standard InChI is InChI=1S/C16H19NO2/c1-12-7-8-15(16(11-12)18-2)19-10-9-13-5-3-4-6-14(13)17/h3-8,11H,9-10,17H2,1-2H3. The van der Waals surface area contributed by atoms with E-state index in [4.69, 9.17) is 15.2 Å². The topological polar surface area (TPSA) is 44.5 Å². The van der Waals surface area contributed by atoms with Crippen molar-refractivity contribution in [1.82, 2.24) is 0 Å². The van der Waals surface area contributed by atoms with Crippen LogP contribution in [0, 0.1) is 6.92 Å². The number of methoxy groups -OCH3 is 1. The molecule has 0 saturated carbocycles. The summed E-state index contributed by atoms with van der Waals surface area (Å²) in [5.74, 6) is 1.53. The number of rotatable bonds is 5. The molecule has 3 nitrogen and oxygen atoms in total. The van der Waals surface area contributed by atoms with E-state index in [-0.39, 0.29) is 0 Å². The molecule has 0 aromatic heterocycles. The van der Waals surface area contributed by atoms with Gasteiger partial charge in [-0.05, 0) is 36.2 Å². The maximum atomic E-state index is 5.90. The highest BCUT2D eigenvalue weighted by Crippen LogP contribution is 2.27. The summed E-state index contributed by atoms with van der Waals surface area (Å²) < 4.78 is 11.1. The molecular formula is C16H19NO2. The van der Waals surface area contributed by atoms with E-state index in [0.717, 1.165) is 34.7 Å². The summed E-state index contributed by atoms with van der Waals surface area (Å²) in [6.45, 7) is 2.60. The number of anilines is 1. The fourth-order valence-corrected chi connectivity index (χ4v) is 1.93. The average molecular weight is 257 g/mol. The Hall–Kier alpha value is -2.16. The van der Waals surface area contributed by atoms with Gasteiger partial charge in [-0.25, -0.2) is 0 Å². The second kappa shape index (κ2) is 6.14. The van der Waals surface area contributed by atoms with Gasteiger partial charge >= 0.3 is 0 Å². The van der Waals surface area contributed by atoms with Gasteiger partial charge in [-0.15, -0.1) is 0 Å². The van der Waals surface area contributed by atoms with Crippen LogP contribution in [0.4, 0.5) is 5.69 Å². The number of ether oxygens (including phenoxy) is 2. The lowest BCUT2D eigenvalue weighted by atomic mass is 10.1. The lowest BCUT2D eigenvalue weighted by molar-refractivity contribution is 0.297. The van der Waals surface area contributed by atoms with E-state index in [1.807, 2.05) is 49.4 Å². The van der Waals surface area contributed by atoms with E-state index < -0.39 is 0 Å². The molecule has 2 aromatic rings. The highest BCUT2D eigenvalue weighted by molar-refractivity contribution is 5.46. The predicted molar refractivity (Wildman–Crippen MR) is 77.8 cm³/mol. The highest BCUT2D eigenvalue weighted by atomic mass is 16.5. The van der Waals surface area contributed by atoms with Crippen molar-refractivity contribution in [2.24, 2.45) is 0 Å². The summed E-state index contributed by atoms with van der Waals surface area (Å²) >= 11 is 0.